The molecule has 6 nitrogen and oxygen atoms in total. The molecule has 22 heavy (non-hydrogen) atoms. The van der Waals surface area contributed by atoms with Crippen LogP contribution >= 0.6 is 0 Å². The van der Waals surface area contributed by atoms with E-state index in [0.717, 1.165) is 18.4 Å². The number of likely N-dealkylation sites (tertiary alicyclic amines) is 1. The molecule has 2 amide bonds. The fraction of sp³-hybridized carbons (Fsp3) is 0.500. The van der Waals surface area contributed by atoms with E-state index < -0.39 is 0 Å². The van der Waals surface area contributed by atoms with Crippen molar-refractivity contribution in [1.29, 1.82) is 0 Å². The van der Waals surface area contributed by atoms with Gasteiger partial charge in [-0.3, -0.25) is 9.63 Å². The Bertz CT molecular complexity index is 492. The number of piperidine rings is 1. The second kappa shape index (κ2) is 8.38. The van der Waals surface area contributed by atoms with Crippen LogP contribution < -0.4 is 5.48 Å². The van der Waals surface area contributed by atoms with Crippen molar-refractivity contribution in [2.45, 2.75) is 26.4 Å². The SMILES string of the molecule is CCOC(=O)N1CCCC(C(=O)NOCc2ccccc2)C1. The monoisotopic (exact) mass is 306 g/mol. The van der Waals surface area contributed by atoms with Gasteiger partial charge in [-0.15, -0.1) is 0 Å². The Morgan fingerprint density at radius 3 is 2.82 bits per heavy atom. The number of nitrogens with one attached hydrogen (secondary N) is 1. The molecule has 6 heteroatoms. The number of ether oxygens (including phenoxy) is 1. The van der Waals surface area contributed by atoms with Gasteiger partial charge in [0.15, 0.2) is 0 Å². The van der Waals surface area contributed by atoms with Gasteiger partial charge in [-0.1, -0.05) is 30.3 Å². The minimum atomic E-state index is -0.356. The van der Waals surface area contributed by atoms with Gasteiger partial charge in [0.1, 0.15) is 0 Å². The topological polar surface area (TPSA) is 67.9 Å². The second-order valence-electron chi connectivity index (χ2n) is 5.22. The first-order valence-electron chi connectivity index (χ1n) is 7.58. The Kier molecular flexibility index (Phi) is 6.21. The summed E-state index contributed by atoms with van der Waals surface area (Å²) in [7, 11) is 0. The molecule has 0 aromatic heterocycles. The van der Waals surface area contributed by atoms with Crippen molar-refractivity contribution in [2.24, 2.45) is 5.92 Å². The number of benzene rings is 1. The molecule has 1 aromatic carbocycles. The van der Waals surface area contributed by atoms with Gasteiger partial charge in [-0.05, 0) is 25.3 Å². The van der Waals surface area contributed by atoms with E-state index >= 15 is 0 Å². The maximum absolute atomic E-state index is 12.1. The molecule has 1 aliphatic rings. The number of hydrogen-bond donors (Lipinski definition) is 1. The Morgan fingerprint density at radius 2 is 2.09 bits per heavy atom. The highest BCUT2D eigenvalue weighted by Gasteiger charge is 2.29. The van der Waals surface area contributed by atoms with Crippen LogP contribution in [-0.2, 0) is 21.0 Å². The van der Waals surface area contributed by atoms with Crippen LogP contribution in [0.15, 0.2) is 30.3 Å². The third-order valence-corrected chi connectivity index (χ3v) is 3.57. The van der Waals surface area contributed by atoms with Gasteiger partial charge in [0, 0.05) is 13.1 Å². The Hall–Kier alpha value is -2.08. The quantitative estimate of drug-likeness (QED) is 0.846. The number of hydroxylamine groups is 1. The molecule has 1 unspecified atom stereocenters. The van der Waals surface area contributed by atoms with Crippen molar-refractivity contribution in [3.63, 3.8) is 0 Å². The highest BCUT2D eigenvalue weighted by molar-refractivity contribution is 5.79. The first kappa shape index (κ1) is 16.3. The van der Waals surface area contributed by atoms with Gasteiger partial charge in [-0.25, -0.2) is 10.3 Å². The van der Waals surface area contributed by atoms with E-state index in [1.165, 1.54) is 0 Å². The van der Waals surface area contributed by atoms with Crippen LogP contribution in [0, 0.1) is 5.92 Å². The molecule has 1 heterocycles. The molecule has 0 bridgehead atoms. The largest absolute Gasteiger partial charge is 0.450 e. The standard InChI is InChI=1S/C16H22N2O4/c1-2-21-16(20)18-10-6-9-14(11-18)15(19)17-22-12-13-7-4-3-5-8-13/h3-5,7-8,14H,2,6,9-12H2,1H3,(H,17,19). The van der Waals surface area contributed by atoms with Gasteiger partial charge in [0.2, 0.25) is 5.91 Å². The van der Waals surface area contributed by atoms with E-state index in [2.05, 4.69) is 5.48 Å². The van der Waals surface area contributed by atoms with Gasteiger partial charge >= 0.3 is 6.09 Å². The number of nitrogens with zero attached hydrogens (tertiary/aromatic N) is 1. The molecule has 0 spiro atoms. The molecule has 2 rings (SSSR count). The van der Waals surface area contributed by atoms with Gasteiger partial charge in [-0.2, -0.15) is 0 Å². The summed E-state index contributed by atoms with van der Waals surface area (Å²) in [5, 5.41) is 0. The smallest absolute Gasteiger partial charge is 0.409 e. The minimum Gasteiger partial charge on any atom is -0.450 e. The predicted octanol–water partition coefficient (Wildman–Crippen LogP) is 2.10. The molecule has 0 aliphatic carbocycles. The molecule has 1 N–H and O–H groups in total. The fourth-order valence-corrected chi connectivity index (χ4v) is 2.42. The summed E-state index contributed by atoms with van der Waals surface area (Å²) in [5.74, 6) is -0.446. The average molecular weight is 306 g/mol. The third-order valence-electron chi connectivity index (χ3n) is 3.57. The number of carbonyl (C=O) groups is 2. The lowest BCUT2D eigenvalue weighted by Crippen LogP contribution is -2.45. The molecule has 0 radical (unpaired) electrons. The maximum Gasteiger partial charge on any atom is 0.409 e. The number of carbonyl (C=O) groups excluding carboxylic acids is 2. The zero-order chi connectivity index (χ0) is 15.8. The summed E-state index contributed by atoms with van der Waals surface area (Å²) >= 11 is 0. The lowest BCUT2D eigenvalue weighted by atomic mass is 9.98. The van der Waals surface area contributed by atoms with Crippen LogP contribution in [0.1, 0.15) is 25.3 Å². The molecular weight excluding hydrogens is 284 g/mol. The van der Waals surface area contributed by atoms with E-state index in [9.17, 15) is 9.59 Å². The van der Waals surface area contributed by atoms with Crippen LogP contribution in [0.2, 0.25) is 0 Å². The Balaban J connectivity index is 1.75. The predicted molar refractivity (Wildman–Crippen MR) is 80.7 cm³/mol. The highest BCUT2D eigenvalue weighted by Crippen LogP contribution is 2.17. The zero-order valence-electron chi connectivity index (χ0n) is 12.8. The van der Waals surface area contributed by atoms with Crippen molar-refractivity contribution in [1.82, 2.24) is 10.4 Å². The lowest BCUT2D eigenvalue weighted by molar-refractivity contribution is -0.140. The van der Waals surface area contributed by atoms with Crippen molar-refractivity contribution in [3.8, 4) is 0 Å². The number of rotatable bonds is 5. The highest BCUT2D eigenvalue weighted by atomic mass is 16.6. The summed E-state index contributed by atoms with van der Waals surface area (Å²) in [6, 6.07) is 9.61. The van der Waals surface area contributed by atoms with Crippen LogP contribution in [0.4, 0.5) is 4.79 Å². The van der Waals surface area contributed by atoms with Crippen molar-refractivity contribution in [3.05, 3.63) is 35.9 Å². The van der Waals surface area contributed by atoms with Crippen molar-refractivity contribution >= 4 is 12.0 Å². The first-order valence-corrected chi connectivity index (χ1v) is 7.58. The Labute approximate surface area is 130 Å². The van der Waals surface area contributed by atoms with Gasteiger partial charge in [0.05, 0.1) is 19.1 Å². The summed E-state index contributed by atoms with van der Waals surface area (Å²) in [4.78, 5) is 30.6. The van der Waals surface area contributed by atoms with E-state index in [0.29, 0.717) is 26.3 Å². The molecular formula is C16H22N2O4. The molecule has 120 valence electrons. The maximum atomic E-state index is 12.1. The van der Waals surface area contributed by atoms with E-state index in [-0.39, 0.29) is 17.9 Å². The number of hydrogen-bond acceptors (Lipinski definition) is 4. The molecule has 1 saturated heterocycles. The average Bonchev–Trinajstić information content (AvgIpc) is 2.56. The lowest BCUT2D eigenvalue weighted by Gasteiger charge is -2.30. The molecule has 0 saturated carbocycles. The van der Waals surface area contributed by atoms with Crippen LogP contribution in [-0.4, -0.2) is 36.6 Å². The normalized spacial score (nSPS) is 17.9. The molecule has 1 aromatic rings. The van der Waals surface area contributed by atoms with Gasteiger partial charge in [0.25, 0.3) is 0 Å². The van der Waals surface area contributed by atoms with E-state index in [4.69, 9.17) is 9.57 Å². The van der Waals surface area contributed by atoms with Gasteiger partial charge < -0.3 is 9.64 Å². The first-order chi connectivity index (χ1) is 10.7. The van der Waals surface area contributed by atoms with Crippen molar-refractivity contribution < 1.29 is 19.2 Å². The third kappa shape index (κ3) is 4.73. The van der Waals surface area contributed by atoms with Crippen molar-refractivity contribution in [2.75, 3.05) is 19.7 Å². The van der Waals surface area contributed by atoms with E-state index in [1.807, 2.05) is 30.3 Å². The van der Waals surface area contributed by atoms with Crippen LogP contribution in [0.5, 0.6) is 0 Å². The number of amides is 2. The van der Waals surface area contributed by atoms with Crippen LogP contribution in [0.3, 0.4) is 0 Å². The molecule has 1 atom stereocenters. The minimum absolute atomic E-state index is 0.190. The summed E-state index contributed by atoms with van der Waals surface area (Å²) in [5.41, 5.74) is 3.46. The van der Waals surface area contributed by atoms with E-state index in [1.54, 1.807) is 11.8 Å². The second-order valence-corrected chi connectivity index (χ2v) is 5.22. The summed E-state index contributed by atoms with van der Waals surface area (Å²) in [6.07, 6.45) is 1.18. The summed E-state index contributed by atoms with van der Waals surface area (Å²) in [6.45, 7) is 3.43. The molecule has 1 fully saturated rings. The fourth-order valence-electron chi connectivity index (χ4n) is 2.42. The molecule has 1 aliphatic heterocycles. The Morgan fingerprint density at radius 1 is 1.32 bits per heavy atom. The zero-order valence-corrected chi connectivity index (χ0v) is 12.8. The van der Waals surface area contributed by atoms with Crippen LogP contribution in [0.25, 0.3) is 0 Å². The summed E-state index contributed by atoms with van der Waals surface area (Å²) < 4.78 is 4.97.